The van der Waals surface area contributed by atoms with Crippen molar-refractivity contribution in [3.63, 3.8) is 0 Å². The highest BCUT2D eigenvalue weighted by atomic mass is 79.9. The number of rotatable bonds is 3. The van der Waals surface area contributed by atoms with E-state index in [1.54, 1.807) is 4.52 Å². The number of nitrogens with zero attached hydrogens (tertiary/aromatic N) is 3. The van der Waals surface area contributed by atoms with Gasteiger partial charge in [-0.1, -0.05) is 15.9 Å². The Balaban J connectivity index is 1.65. The molecule has 7 nitrogen and oxygen atoms in total. The molecule has 1 N–H and O–H groups in total. The Hall–Kier alpha value is -2.00. The minimum atomic E-state index is -3.02. The van der Waals surface area contributed by atoms with E-state index in [-0.39, 0.29) is 29.9 Å². The van der Waals surface area contributed by atoms with Crippen molar-refractivity contribution < 1.29 is 13.2 Å². The van der Waals surface area contributed by atoms with E-state index in [1.165, 1.54) is 0 Å². The van der Waals surface area contributed by atoms with Gasteiger partial charge in [0.25, 0.3) is 0 Å². The van der Waals surface area contributed by atoms with Gasteiger partial charge in [0, 0.05) is 32.9 Å². The van der Waals surface area contributed by atoms with Crippen LogP contribution < -0.4 is 5.32 Å². The summed E-state index contributed by atoms with van der Waals surface area (Å²) in [6, 6.07) is 5.56. The fourth-order valence-electron chi connectivity index (χ4n) is 3.61. The molecule has 0 bridgehead atoms. The largest absolute Gasteiger partial charge is 0.352 e. The zero-order valence-corrected chi connectivity index (χ0v) is 17.4. The molecule has 1 amide bonds. The van der Waals surface area contributed by atoms with E-state index in [9.17, 15) is 13.2 Å². The van der Waals surface area contributed by atoms with Crippen molar-refractivity contribution in [1.29, 1.82) is 0 Å². The van der Waals surface area contributed by atoms with Crippen molar-refractivity contribution in [3.05, 3.63) is 39.6 Å². The number of halogens is 1. The molecule has 0 radical (unpaired) electrons. The molecule has 3 aromatic rings. The third-order valence-electron chi connectivity index (χ3n) is 5.01. The van der Waals surface area contributed by atoms with E-state index in [2.05, 4.69) is 31.3 Å². The van der Waals surface area contributed by atoms with Crippen LogP contribution in [0.25, 0.3) is 16.6 Å². The van der Waals surface area contributed by atoms with Crippen LogP contribution in [0.2, 0.25) is 0 Å². The van der Waals surface area contributed by atoms with Gasteiger partial charge in [-0.2, -0.15) is 5.10 Å². The van der Waals surface area contributed by atoms with Gasteiger partial charge in [-0.3, -0.25) is 4.79 Å². The Morgan fingerprint density at radius 3 is 2.85 bits per heavy atom. The highest BCUT2D eigenvalue weighted by Gasteiger charge is 2.29. The smallest absolute Gasteiger partial charge is 0.224 e. The summed E-state index contributed by atoms with van der Waals surface area (Å²) in [6.07, 6.45) is 0.625. The number of hydrogen-bond donors (Lipinski definition) is 1. The Kier molecular flexibility index (Phi) is 4.46. The quantitative estimate of drug-likeness (QED) is 0.659. The highest BCUT2D eigenvalue weighted by molar-refractivity contribution is 9.10. The number of aromatic nitrogens is 3. The van der Waals surface area contributed by atoms with Gasteiger partial charge in [-0.25, -0.2) is 17.9 Å². The number of sulfone groups is 1. The highest BCUT2D eigenvalue weighted by Crippen LogP contribution is 2.25. The predicted octanol–water partition coefficient (Wildman–Crippen LogP) is 2.11. The summed E-state index contributed by atoms with van der Waals surface area (Å²) < 4.78 is 25.9. The third-order valence-corrected chi connectivity index (χ3v) is 7.27. The van der Waals surface area contributed by atoms with Crippen molar-refractivity contribution in [2.45, 2.75) is 32.7 Å². The second kappa shape index (κ2) is 6.56. The molecule has 0 aliphatic carbocycles. The topological polar surface area (TPSA) is 93.4 Å². The average Bonchev–Trinajstić information content (AvgIpc) is 3.10. The lowest BCUT2D eigenvalue weighted by molar-refractivity contribution is -0.121. The maximum Gasteiger partial charge on any atom is 0.224 e. The Labute approximate surface area is 165 Å². The molecule has 1 atom stereocenters. The summed E-state index contributed by atoms with van der Waals surface area (Å²) >= 11 is 3.45. The summed E-state index contributed by atoms with van der Waals surface area (Å²) in [5.74, 6) is -0.0317. The molecule has 1 aromatic carbocycles. The number of hydrogen-bond acceptors (Lipinski definition) is 5. The lowest BCUT2D eigenvalue weighted by Gasteiger charge is -2.14. The number of carbonyl (C=O) groups excluding carboxylic acids is 1. The van der Waals surface area contributed by atoms with Crippen LogP contribution in [0.3, 0.4) is 0 Å². The molecule has 2 aromatic heterocycles. The SMILES string of the molecule is Cc1nc2c3ccc(Br)cc3nn2c(C)c1CC(=O)N[C@H]1CCS(=O)(=O)C1. The second-order valence-electron chi connectivity index (χ2n) is 7.00. The maximum absolute atomic E-state index is 12.5. The fourth-order valence-corrected chi connectivity index (χ4v) is 5.63. The van der Waals surface area contributed by atoms with E-state index >= 15 is 0 Å². The standard InChI is InChI=1S/C18H19BrN4O3S/c1-10-15(8-17(24)21-13-5-6-27(25,26)9-13)11(2)23-18(20-10)14-4-3-12(19)7-16(14)22-23/h3-4,7,13H,5-6,8-9H2,1-2H3,(H,21,24)/t13-/m0/s1. The molecular weight excluding hydrogens is 432 g/mol. The van der Waals surface area contributed by atoms with Gasteiger partial charge in [0.1, 0.15) is 0 Å². The third kappa shape index (κ3) is 3.45. The average molecular weight is 451 g/mol. The molecule has 27 heavy (non-hydrogen) atoms. The van der Waals surface area contributed by atoms with Crippen molar-refractivity contribution >= 4 is 48.2 Å². The Morgan fingerprint density at radius 2 is 2.15 bits per heavy atom. The summed E-state index contributed by atoms with van der Waals surface area (Å²) in [5.41, 5.74) is 4.04. The zero-order chi connectivity index (χ0) is 19.3. The molecule has 1 aliphatic heterocycles. The van der Waals surface area contributed by atoms with Gasteiger partial charge in [0.05, 0.1) is 23.4 Å². The first-order chi connectivity index (χ1) is 12.7. The van der Waals surface area contributed by atoms with Gasteiger partial charge in [-0.15, -0.1) is 0 Å². The Bertz CT molecular complexity index is 1190. The summed E-state index contributed by atoms with van der Waals surface area (Å²) in [6.45, 7) is 3.80. The number of benzene rings is 1. The fraction of sp³-hybridized carbons (Fsp3) is 0.389. The van der Waals surface area contributed by atoms with Crippen LogP contribution in [0.4, 0.5) is 0 Å². The van der Waals surface area contributed by atoms with Gasteiger partial charge < -0.3 is 5.32 Å². The first kappa shape index (κ1) is 18.4. The van der Waals surface area contributed by atoms with Crippen LogP contribution in [0.1, 0.15) is 23.4 Å². The number of carbonyl (C=O) groups is 1. The van der Waals surface area contributed by atoms with Gasteiger partial charge in [0.2, 0.25) is 5.91 Å². The van der Waals surface area contributed by atoms with E-state index in [1.807, 2.05) is 32.0 Å². The Morgan fingerprint density at radius 1 is 1.37 bits per heavy atom. The summed E-state index contributed by atoms with van der Waals surface area (Å²) in [7, 11) is -3.02. The van der Waals surface area contributed by atoms with Crippen LogP contribution in [0.15, 0.2) is 22.7 Å². The molecule has 1 fully saturated rings. The molecular formula is C18H19BrN4O3S. The van der Waals surface area contributed by atoms with E-state index in [0.717, 1.165) is 38.0 Å². The summed E-state index contributed by atoms with van der Waals surface area (Å²) in [4.78, 5) is 17.1. The molecule has 3 heterocycles. The van der Waals surface area contributed by atoms with E-state index in [0.29, 0.717) is 6.42 Å². The molecule has 1 aliphatic rings. The lowest BCUT2D eigenvalue weighted by atomic mass is 10.1. The van der Waals surface area contributed by atoms with Crippen LogP contribution in [0.5, 0.6) is 0 Å². The maximum atomic E-state index is 12.5. The normalized spacial score (nSPS) is 19.0. The molecule has 4 rings (SSSR count). The van der Waals surface area contributed by atoms with Crippen molar-refractivity contribution in [3.8, 4) is 0 Å². The predicted molar refractivity (Wildman–Crippen MR) is 107 cm³/mol. The second-order valence-corrected chi connectivity index (χ2v) is 10.1. The summed E-state index contributed by atoms with van der Waals surface area (Å²) in [5, 5.41) is 8.41. The number of nitrogens with one attached hydrogen (secondary N) is 1. The zero-order valence-electron chi connectivity index (χ0n) is 15.0. The molecule has 9 heteroatoms. The van der Waals surface area contributed by atoms with Crippen molar-refractivity contribution in [2.24, 2.45) is 0 Å². The van der Waals surface area contributed by atoms with Crippen LogP contribution in [-0.4, -0.2) is 46.5 Å². The van der Waals surface area contributed by atoms with E-state index < -0.39 is 9.84 Å². The van der Waals surface area contributed by atoms with Crippen molar-refractivity contribution in [2.75, 3.05) is 11.5 Å². The molecule has 1 saturated heterocycles. The number of aryl methyl sites for hydroxylation is 2. The van der Waals surface area contributed by atoms with Gasteiger partial charge in [0.15, 0.2) is 15.5 Å². The van der Waals surface area contributed by atoms with Crippen molar-refractivity contribution in [1.82, 2.24) is 19.9 Å². The van der Waals surface area contributed by atoms with Gasteiger partial charge in [-0.05, 0) is 38.5 Å². The number of amides is 1. The lowest BCUT2D eigenvalue weighted by Crippen LogP contribution is -2.37. The molecule has 0 unspecified atom stereocenters. The minimum Gasteiger partial charge on any atom is -0.352 e. The monoisotopic (exact) mass is 450 g/mol. The molecule has 0 spiro atoms. The van der Waals surface area contributed by atoms with Crippen LogP contribution >= 0.6 is 15.9 Å². The first-order valence-corrected chi connectivity index (χ1v) is 11.3. The molecule has 142 valence electrons. The molecule has 0 saturated carbocycles. The minimum absolute atomic E-state index is 0.0212. The van der Waals surface area contributed by atoms with Crippen LogP contribution in [0, 0.1) is 13.8 Å². The van der Waals surface area contributed by atoms with Crippen LogP contribution in [-0.2, 0) is 21.1 Å². The van der Waals surface area contributed by atoms with Gasteiger partial charge >= 0.3 is 0 Å². The number of fused-ring (bicyclic) bond motifs is 3. The van der Waals surface area contributed by atoms with E-state index in [4.69, 9.17) is 0 Å². The first-order valence-electron chi connectivity index (χ1n) is 8.67.